The molecule has 0 bridgehead atoms. The Kier molecular flexibility index (Phi) is 8.78. The summed E-state index contributed by atoms with van der Waals surface area (Å²) in [6, 6.07) is 18.1. The Hall–Kier alpha value is -4.19. The van der Waals surface area contributed by atoms with Crippen LogP contribution in [-0.4, -0.2) is 117 Å². The molecule has 4 heterocycles. The van der Waals surface area contributed by atoms with Gasteiger partial charge in [-0.2, -0.15) is 0 Å². The first-order chi connectivity index (χ1) is 23.2. The van der Waals surface area contributed by atoms with Gasteiger partial charge in [-0.15, -0.1) is 0 Å². The lowest BCUT2D eigenvalue weighted by atomic mass is 9.87. The highest BCUT2D eigenvalue weighted by molar-refractivity contribution is 6.09. The van der Waals surface area contributed by atoms with Gasteiger partial charge in [-0.1, -0.05) is 43.3 Å². The van der Waals surface area contributed by atoms with E-state index in [0.717, 1.165) is 47.1 Å². The molecule has 0 saturated carbocycles. The maximum absolute atomic E-state index is 14.7. The third kappa shape index (κ3) is 5.47. The fourth-order valence-corrected chi connectivity index (χ4v) is 8.38. The van der Waals surface area contributed by atoms with E-state index in [1.54, 1.807) is 7.11 Å². The molecule has 0 aromatic heterocycles. The normalized spacial score (nSPS) is 24.3. The third-order valence-electron chi connectivity index (χ3n) is 10.7. The molecular formula is C37H46N6O5. The SMILES string of the molecule is CCC(=O)Nc1cc(CN2CC3CC(c4ccc(N(C)C)c5ccccc45)N4C(=O)N(CCN5CCOCC5)C(=O)C34C2)ccc1OC. The smallest absolute Gasteiger partial charge is 0.328 e. The van der Waals surface area contributed by atoms with Crippen LogP contribution in [0.25, 0.3) is 10.8 Å². The van der Waals surface area contributed by atoms with Crippen LogP contribution < -0.4 is 15.0 Å². The van der Waals surface area contributed by atoms with Crippen LogP contribution in [0.3, 0.4) is 0 Å². The van der Waals surface area contributed by atoms with E-state index in [2.05, 4.69) is 56.4 Å². The van der Waals surface area contributed by atoms with Crippen LogP contribution in [0.2, 0.25) is 0 Å². The Bertz CT molecular complexity index is 1720. The molecule has 3 atom stereocenters. The predicted molar refractivity (Wildman–Crippen MR) is 185 cm³/mol. The fraction of sp³-hybridized carbons (Fsp3) is 0.486. The number of carbonyl (C=O) groups excluding carboxylic acids is 3. The number of carbonyl (C=O) groups is 3. The van der Waals surface area contributed by atoms with E-state index in [1.807, 2.05) is 44.1 Å². The van der Waals surface area contributed by atoms with Crippen LogP contribution in [0.5, 0.6) is 5.75 Å². The number of hydrogen-bond acceptors (Lipinski definition) is 8. The Labute approximate surface area is 282 Å². The quantitative estimate of drug-likeness (QED) is 0.326. The van der Waals surface area contributed by atoms with Gasteiger partial charge in [0.2, 0.25) is 5.91 Å². The van der Waals surface area contributed by atoms with Crippen molar-refractivity contribution in [2.24, 2.45) is 5.92 Å². The minimum atomic E-state index is -0.931. The number of hydrogen-bond donors (Lipinski definition) is 1. The number of methoxy groups -OCH3 is 1. The highest BCUT2D eigenvalue weighted by Crippen LogP contribution is 2.56. The molecule has 11 nitrogen and oxygen atoms in total. The lowest BCUT2D eigenvalue weighted by molar-refractivity contribution is -0.133. The van der Waals surface area contributed by atoms with E-state index in [-0.39, 0.29) is 29.8 Å². The molecule has 3 unspecified atom stereocenters. The number of imide groups is 1. The van der Waals surface area contributed by atoms with Crippen LogP contribution in [0, 0.1) is 5.92 Å². The summed E-state index contributed by atoms with van der Waals surface area (Å²) in [6.45, 7) is 7.51. The molecule has 7 rings (SSSR count). The lowest BCUT2D eigenvalue weighted by Crippen LogP contribution is -2.51. The van der Waals surface area contributed by atoms with Gasteiger partial charge < -0.3 is 24.6 Å². The summed E-state index contributed by atoms with van der Waals surface area (Å²) in [6.07, 6.45) is 1.09. The van der Waals surface area contributed by atoms with E-state index in [1.165, 1.54) is 4.90 Å². The van der Waals surface area contributed by atoms with Gasteiger partial charge in [-0.05, 0) is 41.1 Å². The van der Waals surface area contributed by atoms with E-state index in [9.17, 15) is 14.4 Å². The monoisotopic (exact) mass is 654 g/mol. The molecule has 11 heteroatoms. The van der Waals surface area contributed by atoms with Crippen LogP contribution in [0.1, 0.15) is 36.9 Å². The molecule has 3 aromatic rings. The summed E-state index contributed by atoms with van der Waals surface area (Å²) in [5, 5.41) is 5.21. The zero-order chi connectivity index (χ0) is 33.6. The van der Waals surface area contributed by atoms with Crippen molar-refractivity contribution >= 4 is 40.0 Å². The number of nitrogens with one attached hydrogen (secondary N) is 1. The molecule has 0 radical (unpaired) electrons. The topological polar surface area (TPSA) is 97.9 Å². The summed E-state index contributed by atoms with van der Waals surface area (Å²) in [5.41, 5.74) is 2.93. The molecule has 4 aliphatic heterocycles. The summed E-state index contributed by atoms with van der Waals surface area (Å²) in [4.78, 5) is 51.6. The van der Waals surface area contributed by atoms with Crippen molar-refractivity contribution in [3.05, 3.63) is 65.7 Å². The number of rotatable bonds is 10. The van der Waals surface area contributed by atoms with Gasteiger partial charge >= 0.3 is 6.03 Å². The van der Waals surface area contributed by atoms with Crippen molar-refractivity contribution in [1.82, 2.24) is 19.6 Å². The van der Waals surface area contributed by atoms with Crippen LogP contribution in [-0.2, 0) is 20.9 Å². The van der Waals surface area contributed by atoms with Crippen molar-refractivity contribution in [3.8, 4) is 5.75 Å². The van der Waals surface area contributed by atoms with Crippen LogP contribution in [0.15, 0.2) is 54.6 Å². The highest BCUT2D eigenvalue weighted by atomic mass is 16.5. The van der Waals surface area contributed by atoms with Gasteiger partial charge in [0.05, 0.1) is 32.1 Å². The largest absolute Gasteiger partial charge is 0.495 e. The maximum Gasteiger partial charge on any atom is 0.328 e. The second-order valence-corrected chi connectivity index (χ2v) is 13.7. The fourth-order valence-electron chi connectivity index (χ4n) is 8.38. The van der Waals surface area contributed by atoms with Gasteiger partial charge in [0.1, 0.15) is 11.3 Å². The summed E-state index contributed by atoms with van der Waals surface area (Å²) < 4.78 is 11.0. The number of urea groups is 1. The maximum atomic E-state index is 14.7. The van der Waals surface area contributed by atoms with E-state index in [0.29, 0.717) is 63.8 Å². The molecule has 4 aliphatic rings. The Balaban J connectivity index is 1.22. The third-order valence-corrected chi connectivity index (χ3v) is 10.7. The first-order valence-corrected chi connectivity index (χ1v) is 17.1. The molecule has 3 aromatic carbocycles. The molecule has 4 fully saturated rings. The molecule has 4 amide bonds. The van der Waals surface area contributed by atoms with Crippen molar-refractivity contribution < 1.29 is 23.9 Å². The first kappa shape index (κ1) is 32.4. The van der Waals surface area contributed by atoms with Crippen molar-refractivity contribution in [2.45, 2.75) is 37.9 Å². The van der Waals surface area contributed by atoms with Gasteiger partial charge in [-0.25, -0.2) is 4.79 Å². The number of morpholine rings is 1. The minimum absolute atomic E-state index is 0.0165. The Morgan fingerprint density at radius 2 is 1.79 bits per heavy atom. The number of likely N-dealkylation sites (tertiary alicyclic amines) is 1. The van der Waals surface area contributed by atoms with Gasteiger partial charge in [0.25, 0.3) is 5.91 Å². The average molecular weight is 655 g/mol. The van der Waals surface area contributed by atoms with Crippen LogP contribution in [0.4, 0.5) is 16.2 Å². The summed E-state index contributed by atoms with van der Waals surface area (Å²) >= 11 is 0. The van der Waals surface area contributed by atoms with Crippen LogP contribution >= 0.6 is 0 Å². The second-order valence-electron chi connectivity index (χ2n) is 13.7. The Morgan fingerprint density at radius 1 is 1.02 bits per heavy atom. The molecule has 4 saturated heterocycles. The molecule has 1 N–H and O–H groups in total. The molecule has 48 heavy (non-hydrogen) atoms. The molecule has 254 valence electrons. The lowest BCUT2D eigenvalue weighted by Gasteiger charge is -2.33. The summed E-state index contributed by atoms with van der Waals surface area (Å²) in [7, 11) is 5.68. The standard InChI is InChI=1S/C37H46N6O5/c1-5-34(44)38-30-20-25(10-13-33(30)47-4)22-41-23-26-21-32(29-11-12-31(39(2)3)28-9-7-6-8-27(28)29)43-36(46)42(35(45)37(26,43)24-41)15-14-40-16-18-48-19-17-40/h6-13,20,26,32H,5,14-19,21-24H2,1-4H3,(H,38,44). The number of anilines is 2. The molecule has 1 spiro atoms. The number of ether oxygens (including phenoxy) is 2. The highest BCUT2D eigenvalue weighted by Gasteiger charge is 2.70. The molecular weight excluding hydrogens is 608 g/mol. The van der Waals surface area contributed by atoms with Crippen molar-refractivity contribution in [2.75, 3.05) is 83.9 Å². The number of fused-ring (bicyclic) bond motifs is 1. The van der Waals surface area contributed by atoms with Gasteiger partial charge in [0.15, 0.2) is 0 Å². The van der Waals surface area contributed by atoms with Crippen molar-refractivity contribution in [3.63, 3.8) is 0 Å². The second kappa shape index (κ2) is 13.0. The first-order valence-electron chi connectivity index (χ1n) is 17.1. The zero-order valence-corrected chi connectivity index (χ0v) is 28.4. The van der Waals surface area contributed by atoms with E-state index in [4.69, 9.17) is 9.47 Å². The number of nitrogens with zero attached hydrogens (tertiary/aromatic N) is 5. The van der Waals surface area contributed by atoms with E-state index < -0.39 is 5.54 Å². The van der Waals surface area contributed by atoms with Crippen molar-refractivity contribution in [1.29, 1.82) is 0 Å². The summed E-state index contributed by atoms with van der Waals surface area (Å²) in [5.74, 6) is 0.430. The average Bonchev–Trinajstić information content (AvgIpc) is 3.67. The minimum Gasteiger partial charge on any atom is -0.495 e. The number of amides is 4. The zero-order valence-electron chi connectivity index (χ0n) is 28.4. The predicted octanol–water partition coefficient (Wildman–Crippen LogP) is 4.17. The Morgan fingerprint density at radius 3 is 2.52 bits per heavy atom. The molecule has 0 aliphatic carbocycles. The van der Waals surface area contributed by atoms with Gasteiger partial charge in [-0.3, -0.25) is 24.3 Å². The van der Waals surface area contributed by atoms with Gasteiger partial charge in [0, 0.05) is 83.3 Å². The number of benzene rings is 3. The van der Waals surface area contributed by atoms with E-state index >= 15 is 0 Å².